The molecule has 0 aliphatic rings. The molecule has 118 valence electrons. The Kier molecular flexibility index (Phi) is 4.58. The maximum atomic E-state index is 14.1. The number of halogens is 3. The van der Waals surface area contributed by atoms with Gasteiger partial charge >= 0.3 is 0 Å². The van der Waals surface area contributed by atoms with E-state index in [1.807, 2.05) is 0 Å². The highest BCUT2D eigenvalue weighted by atomic mass is 32.2. The zero-order valence-electron chi connectivity index (χ0n) is 12.5. The van der Waals surface area contributed by atoms with E-state index in [2.05, 4.69) is 4.40 Å². The smallest absolute Gasteiger partial charge is 0.206 e. The molecule has 0 saturated carbocycles. The maximum absolute atomic E-state index is 14.1. The monoisotopic (exact) mass is 321 g/mol. The van der Waals surface area contributed by atoms with E-state index >= 15 is 0 Å². The van der Waals surface area contributed by atoms with E-state index in [1.54, 1.807) is 0 Å². The van der Waals surface area contributed by atoms with E-state index in [4.69, 9.17) is 0 Å². The number of nitrogens with zero attached hydrogens (tertiary/aromatic N) is 1. The van der Waals surface area contributed by atoms with Crippen molar-refractivity contribution in [2.24, 2.45) is 4.40 Å². The summed E-state index contributed by atoms with van der Waals surface area (Å²) in [6, 6.07) is 3.43. The van der Waals surface area contributed by atoms with Crippen LogP contribution in [0.3, 0.4) is 0 Å². The molecule has 0 atom stereocenters. The van der Waals surface area contributed by atoms with Crippen molar-refractivity contribution in [3.05, 3.63) is 35.1 Å². The average Bonchev–Trinajstić information content (AvgIpc) is 2.25. The molecule has 0 heterocycles. The minimum absolute atomic E-state index is 0.159. The summed E-state index contributed by atoms with van der Waals surface area (Å²) in [5.74, 6) is -4.51. The maximum Gasteiger partial charge on any atom is 0.273 e. The molecule has 1 aromatic rings. The second-order valence-electron chi connectivity index (χ2n) is 5.82. The summed E-state index contributed by atoms with van der Waals surface area (Å²) in [5, 5.41) is 0. The van der Waals surface area contributed by atoms with Gasteiger partial charge in [-0.15, -0.1) is 0 Å². The van der Waals surface area contributed by atoms with Gasteiger partial charge in [-0.05, 0) is 27.7 Å². The topological polar surface area (TPSA) is 46.5 Å². The molecular formula is C14H18F3NO2S. The van der Waals surface area contributed by atoms with Crippen LogP contribution >= 0.6 is 0 Å². The van der Waals surface area contributed by atoms with E-state index in [9.17, 15) is 21.6 Å². The summed E-state index contributed by atoms with van der Waals surface area (Å²) in [4.78, 5) is 0. The van der Waals surface area contributed by atoms with Crippen molar-refractivity contribution in [1.82, 2.24) is 0 Å². The summed E-state index contributed by atoms with van der Waals surface area (Å²) < 4.78 is 67.0. The minimum atomic E-state index is -3.88. The third kappa shape index (κ3) is 3.84. The van der Waals surface area contributed by atoms with Crippen molar-refractivity contribution >= 4 is 15.7 Å². The zero-order valence-corrected chi connectivity index (χ0v) is 13.4. The molecule has 21 heavy (non-hydrogen) atoms. The van der Waals surface area contributed by atoms with Crippen LogP contribution in [0.5, 0.6) is 0 Å². The van der Waals surface area contributed by atoms with E-state index in [0.29, 0.717) is 6.92 Å². The van der Waals surface area contributed by atoms with Gasteiger partial charge in [-0.1, -0.05) is 18.2 Å². The molecule has 1 rings (SSSR count). The van der Waals surface area contributed by atoms with Crippen LogP contribution < -0.4 is 0 Å². The molecule has 0 bridgehead atoms. The quantitative estimate of drug-likeness (QED) is 0.793. The Hall–Kier alpha value is -1.37. The Morgan fingerprint density at radius 3 is 2.10 bits per heavy atom. The summed E-state index contributed by atoms with van der Waals surface area (Å²) in [7, 11) is -3.88. The van der Waals surface area contributed by atoms with Crippen LogP contribution in [0, 0.1) is 5.82 Å². The third-order valence-electron chi connectivity index (χ3n) is 2.89. The molecule has 3 nitrogen and oxygen atoms in total. The van der Waals surface area contributed by atoms with Gasteiger partial charge in [0.1, 0.15) is 5.82 Å². The van der Waals surface area contributed by atoms with Gasteiger partial charge in [0.25, 0.3) is 15.9 Å². The number of hydrogen-bond donors (Lipinski definition) is 0. The van der Waals surface area contributed by atoms with Gasteiger partial charge in [-0.3, -0.25) is 0 Å². The van der Waals surface area contributed by atoms with Gasteiger partial charge < -0.3 is 0 Å². The van der Waals surface area contributed by atoms with Gasteiger partial charge in [0.2, 0.25) is 0 Å². The predicted octanol–water partition coefficient (Wildman–Crippen LogP) is 3.87. The highest BCUT2D eigenvalue weighted by Crippen LogP contribution is 2.31. The molecule has 0 aromatic heterocycles. The molecule has 7 heteroatoms. The molecule has 0 fully saturated rings. The SMILES string of the molecule is CC(=NS(=O)(=O)C(C)(C)C)c1cccc(C(C)(F)F)c1F. The Labute approximate surface area is 123 Å². The van der Waals surface area contributed by atoms with Crippen LogP contribution in [0.2, 0.25) is 0 Å². The van der Waals surface area contributed by atoms with E-state index in [1.165, 1.54) is 39.8 Å². The third-order valence-corrected chi connectivity index (χ3v) is 4.95. The first-order valence-corrected chi connectivity index (χ1v) is 7.69. The molecule has 0 spiro atoms. The lowest BCUT2D eigenvalue weighted by Crippen LogP contribution is -2.27. The lowest BCUT2D eigenvalue weighted by Gasteiger charge is -2.17. The van der Waals surface area contributed by atoms with Crippen LogP contribution in [-0.2, 0) is 15.9 Å². The molecule has 1 aromatic carbocycles. The predicted molar refractivity (Wildman–Crippen MR) is 76.9 cm³/mol. The van der Waals surface area contributed by atoms with Crippen molar-refractivity contribution in [2.45, 2.75) is 45.3 Å². The average molecular weight is 321 g/mol. The molecule has 0 N–H and O–H groups in total. The summed E-state index contributed by atoms with van der Waals surface area (Å²) in [5.41, 5.74) is -1.20. The molecule has 0 saturated heterocycles. The van der Waals surface area contributed by atoms with Crippen LogP contribution in [0.4, 0.5) is 13.2 Å². The fraction of sp³-hybridized carbons (Fsp3) is 0.500. The highest BCUT2D eigenvalue weighted by molar-refractivity contribution is 7.91. The van der Waals surface area contributed by atoms with Gasteiger partial charge in [0.15, 0.2) is 0 Å². The van der Waals surface area contributed by atoms with Gasteiger partial charge in [0, 0.05) is 12.5 Å². The number of hydrogen-bond acceptors (Lipinski definition) is 2. The van der Waals surface area contributed by atoms with Gasteiger partial charge in [0.05, 0.1) is 16.0 Å². The van der Waals surface area contributed by atoms with Crippen molar-refractivity contribution in [1.29, 1.82) is 0 Å². The molecular weight excluding hydrogens is 303 g/mol. The lowest BCUT2D eigenvalue weighted by molar-refractivity contribution is 0.0137. The zero-order chi connectivity index (χ0) is 16.6. The summed E-state index contributed by atoms with van der Waals surface area (Å²) in [6.45, 7) is 6.21. The van der Waals surface area contributed by atoms with Crippen molar-refractivity contribution in [3.8, 4) is 0 Å². The van der Waals surface area contributed by atoms with Gasteiger partial charge in [-0.25, -0.2) is 21.6 Å². The number of alkyl halides is 2. The first-order chi connectivity index (χ1) is 9.27. The Bertz CT molecular complexity index is 668. The lowest BCUT2D eigenvalue weighted by atomic mass is 10.0. The van der Waals surface area contributed by atoms with E-state index < -0.39 is 32.1 Å². The molecule has 0 aliphatic carbocycles. The normalized spacial score (nSPS) is 14.4. The van der Waals surface area contributed by atoms with Crippen LogP contribution in [0.1, 0.15) is 45.7 Å². The first kappa shape index (κ1) is 17.7. The molecule has 0 amide bonds. The fourth-order valence-corrected chi connectivity index (χ4v) is 2.25. The highest BCUT2D eigenvalue weighted by Gasteiger charge is 2.31. The largest absolute Gasteiger partial charge is 0.273 e. The Balaban J connectivity index is 3.44. The summed E-state index contributed by atoms with van der Waals surface area (Å²) >= 11 is 0. The Morgan fingerprint density at radius 1 is 1.14 bits per heavy atom. The molecule has 0 radical (unpaired) electrons. The van der Waals surface area contributed by atoms with E-state index in [0.717, 1.165) is 6.07 Å². The fourth-order valence-electron chi connectivity index (χ4n) is 1.52. The van der Waals surface area contributed by atoms with Crippen LogP contribution in [0.25, 0.3) is 0 Å². The minimum Gasteiger partial charge on any atom is -0.206 e. The van der Waals surface area contributed by atoms with Crippen molar-refractivity contribution in [3.63, 3.8) is 0 Å². The number of rotatable bonds is 3. The number of benzene rings is 1. The summed E-state index contributed by atoms with van der Waals surface area (Å²) in [6.07, 6.45) is 0. The van der Waals surface area contributed by atoms with Crippen molar-refractivity contribution in [2.75, 3.05) is 0 Å². The van der Waals surface area contributed by atoms with Crippen LogP contribution in [-0.4, -0.2) is 18.9 Å². The number of sulfonamides is 1. The van der Waals surface area contributed by atoms with Crippen molar-refractivity contribution < 1.29 is 21.6 Å². The van der Waals surface area contributed by atoms with E-state index in [-0.39, 0.29) is 11.3 Å². The molecule has 0 unspecified atom stereocenters. The van der Waals surface area contributed by atoms with Gasteiger partial charge in [-0.2, -0.15) is 4.40 Å². The first-order valence-electron chi connectivity index (χ1n) is 6.25. The standard InChI is InChI=1S/C14H18F3NO2S/c1-9(18-21(19,20)13(2,3)4)10-7-6-8-11(12(10)15)14(5,16)17/h6-8H,1-5H3. The molecule has 0 aliphatic heterocycles. The second-order valence-corrected chi connectivity index (χ2v) is 8.18. The Morgan fingerprint density at radius 2 is 1.67 bits per heavy atom. The second kappa shape index (κ2) is 5.44. The van der Waals surface area contributed by atoms with Crippen LogP contribution in [0.15, 0.2) is 22.6 Å².